The molecule has 6 nitrogen and oxygen atoms in total. The lowest BCUT2D eigenvalue weighted by Crippen LogP contribution is -2.50. The number of rotatable bonds is 2. The molecule has 3 aliphatic rings. The number of guanidine groups is 1. The fraction of sp³-hybridized carbons (Fsp3) is 0.867. The Labute approximate surface area is 126 Å². The molecule has 3 rings (SSSR count). The maximum absolute atomic E-state index is 12.3. The predicted molar refractivity (Wildman–Crippen MR) is 81.2 cm³/mol. The van der Waals surface area contributed by atoms with Crippen LogP contribution in [0.4, 0.5) is 0 Å². The van der Waals surface area contributed by atoms with Gasteiger partial charge in [-0.3, -0.25) is 10.1 Å². The first-order valence-electron chi connectivity index (χ1n) is 7.98. The van der Waals surface area contributed by atoms with Crippen LogP contribution in [0.25, 0.3) is 0 Å². The molecule has 2 fully saturated rings. The molecule has 118 valence electrons. The normalized spacial score (nSPS) is 29.3. The molecule has 0 unspecified atom stereocenters. The zero-order valence-electron chi connectivity index (χ0n) is 13.1. The van der Waals surface area contributed by atoms with Gasteiger partial charge in [0, 0.05) is 40.3 Å². The SMILES string of the molecule is CN(C)C1=NC2(CCN(C[C@H]3CCCOC3)CC2)C(=O)N1. The Morgan fingerprint density at radius 2 is 2.19 bits per heavy atom. The molecule has 0 aromatic heterocycles. The molecule has 0 aromatic rings. The highest BCUT2D eigenvalue weighted by Crippen LogP contribution is 2.31. The number of piperidine rings is 1. The van der Waals surface area contributed by atoms with Crippen molar-refractivity contribution >= 4 is 11.9 Å². The van der Waals surface area contributed by atoms with Gasteiger partial charge in [0.05, 0.1) is 6.61 Å². The molecule has 3 aliphatic heterocycles. The van der Waals surface area contributed by atoms with Crippen LogP contribution in [0.15, 0.2) is 4.99 Å². The van der Waals surface area contributed by atoms with Crippen LogP contribution in [0.3, 0.4) is 0 Å². The first-order valence-corrected chi connectivity index (χ1v) is 7.98. The van der Waals surface area contributed by atoms with E-state index in [0.717, 1.165) is 45.7 Å². The number of aliphatic imine (C=N–C) groups is 1. The summed E-state index contributed by atoms with van der Waals surface area (Å²) < 4.78 is 5.56. The highest BCUT2D eigenvalue weighted by Gasteiger charge is 2.46. The minimum absolute atomic E-state index is 0.0758. The highest BCUT2D eigenvalue weighted by molar-refractivity contribution is 6.07. The summed E-state index contributed by atoms with van der Waals surface area (Å²) in [7, 11) is 3.83. The summed E-state index contributed by atoms with van der Waals surface area (Å²) in [5.74, 6) is 1.44. The zero-order chi connectivity index (χ0) is 14.9. The summed E-state index contributed by atoms with van der Waals surface area (Å²) in [5, 5.41) is 2.91. The molecular formula is C15H26N4O2. The molecule has 1 N–H and O–H groups in total. The van der Waals surface area contributed by atoms with E-state index in [0.29, 0.717) is 11.9 Å². The average molecular weight is 294 g/mol. The fourth-order valence-electron chi connectivity index (χ4n) is 3.47. The van der Waals surface area contributed by atoms with Gasteiger partial charge in [0.2, 0.25) is 5.96 Å². The first kappa shape index (κ1) is 14.8. The number of carbonyl (C=O) groups excluding carboxylic acids is 1. The predicted octanol–water partition coefficient (Wildman–Crippen LogP) is 0.295. The zero-order valence-corrected chi connectivity index (χ0v) is 13.1. The number of amides is 1. The van der Waals surface area contributed by atoms with E-state index in [1.165, 1.54) is 12.8 Å². The van der Waals surface area contributed by atoms with Gasteiger partial charge in [0.1, 0.15) is 5.54 Å². The van der Waals surface area contributed by atoms with Gasteiger partial charge in [-0.25, -0.2) is 4.99 Å². The Bertz CT molecular complexity index is 421. The van der Waals surface area contributed by atoms with Gasteiger partial charge in [-0.1, -0.05) is 0 Å². The summed E-state index contributed by atoms with van der Waals surface area (Å²) in [6, 6.07) is 0. The van der Waals surface area contributed by atoms with E-state index in [-0.39, 0.29) is 5.91 Å². The van der Waals surface area contributed by atoms with E-state index in [9.17, 15) is 4.79 Å². The molecule has 2 saturated heterocycles. The minimum Gasteiger partial charge on any atom is -0.381 e. The van der Waals surface area contributed by atoms with Crippen molar-refractivity contribution in [3.8, 4) is 0 Å². The average Bonchev–Trinajstić information content (AvgIpc) is 2.80. The van der Waals surface area contributed by atoms with Crippen LogP contribution >= 0.6 is 0 Å². The molecule has 0 bridgehead atoms. The summed E-state index contributed by atoms with van der Waals surface area (Å²) in [5.41, 5.74) is -0.515. The van der Waals surface area contributed by atoms with Gasteiger partial charge in [0.15, 0.2) is 0 Å². The van der Waals surface area contributed by atoms with Crippen LogP contribution in [-0.4, -0.2) is 74.1 Å². The first-order chi connectivity index (χ1) is 10.1. The fourth-order valence-corrected chi connectivity index (χ4v) is 3.47. The lowest BCUT2D eigenvalue weighted by Gasteiger charge is -2.37. The molecule has 6 heteroatoms. The van der Waals surface area contributed by atoms with E-state index >= 15 is 0 Å². The summed E-state index contributed by atoms with van der Waals surface area (Å²) in [6.07, 6.45) is 4.10. The molecule has 1 spiro atoms. The molecule has 0 aliphatic carbocycles. The quantitative estimate of drug-likeness (QED) is 0.795. The van der Waals surface area contributed by atoms with Crippen molar-refractivity contribution < 1.29 is 9.53 Å². The largest absolute Gasteiger partial charge is 0.381 e. The monoisotopic (exact) mass is 294 g/mol. The van der Waals surface area contributed by atoms with Crippen molar-refractivity contribution in [1.29, 1.82) is 0 Å². The summed E-state index contributed by atoms with van der Waals surface area (Å²) in [6.45, 7) is 4.82. The van der Waals surface area contributed by atoms with Gasteiger partial charge in [0.25, 0.3) is 5.91 Å². The molecule has 0 radical (unpaired) electrons. The number of likely N-dealkylation sites (tertiary alicyclic amines) is 1. The molecule has 1 amide bonds. The number of nitrogens with one attached hydrogen (secondary N) is 1. The van der Waals surface area contributed by atoms with Crippen LogP contribution in [0.2, 0.25) is 0 Å². The second kappa shape index (κ2) is 5.93. The van der Waals surface area contributed by atoms with Crippen molar-refractivity contribution in [3.05, 3.63) is 0 Å². The Morgan fingerprint density at radius 3 is 2.76 bits per heavy atom. The van der Waals surface area contributed by atoms with Crippen molar-refractivity contribution in [2.75, 3.05) is 46.9 Å². The van der Waals surface area contributed by atoms with Gasteiger partial charge in [-0.05, 0) is 31.6 Å². The van der Waals surface area contributed by atoms with E-state index in [2.05, 4.69) is 15.2 Å². The third-order valence-electron chi connectivity index (χ3n) is 4.85. The lowest BCUT2D eigenvalue weighted by molar-refractivity contribution is -0.125. The topological polar surface area (TPSA) is 57.2 Å². The standard InChI is InChI=1S/C15H26N4O2/c1-18(2)14-16-13(20)15(17-14)5-7-19(8-6-15)10-12-4-3-9-21-11-12/h12H,3-11H2,1-2H3,(H,16,17,20)/t12-/m1/s1. The van der Waals surface area contributed by atoms with Crippen LogP contribution in [-0.2, 0) is 9.53 Å². The van der Waals surface area contributed by atoms with Crippen molar-refractivity contribution in [1.82, 2.24) is 15.1 Å². The van der Waals surface area contributed by atoms with Crippen LogP contribution < -0.4 is 5.32 Å². The highest BCUT2D eigenvalue weighted by atomic mass is 16.5. The van der Waals surface area contributed by atoms with Crippen molar-refractivity contribution in [2.45, 2.75) is 31.2 Å². The second-order valence-corrected chi connectivity index (χ2v) is 6.70. The van der Waals surface area contributed by atoms with Gasteiger partial charge < -0.3 is 14.5 Å². The number of ether oxygens (including phenoxy) is 1. The molecular weight excluding hydrogens is 268 g/mol. The molecule has 0 saturated carbocycles. The molecule has 21 heavy (non-hydrogen) atoms. The van der Waals surface area contributed by atoms with Crippen LogP contribution in [0.5, 0.6) is 0 Å². The summed E-state index contributed by atoms with van der Waals surface area (Å²) in [4.78, 5) is 21.3. The third kappa shape index (κ3) is 3.06. The van der Waals surface area contributed by atoms with Crippen molar-refractivity contribution in [3.63, 3.8) is 0 Å². The summed E-state index contributed by atoms with van der Waals surface area (Å²) >= 11 is 0. The third-order valence-corrected chi connectivity index (χ3v) is 4.85. The Balaban J connectivity index is 1.56. The van der Waals surface area contributed by atoms with Crippen molar-refractivity contribution in [2.24, 2.45) is 10.9 Å². The van der Waals surface area contributed by atoms with Gasteiger partial charge in [-0.2, -0.15) is 0 Å². The molecule has 0 aromatic carbocycles. The van der Waals surface area contributed by atoms with E-state index < -0.39 is 5.54 Å². The Hall–Kier alpha value is -1.14. The van der Waals surface area contributed by atoms with E-state index in [4.69, 9.17) is 4.74 Å². The Kier molecular flexibility index (Phi) is 4.17. The van der Waals surface area contributed by atoms with E-state index in [1.807, 2.05) is 19.0 Å². The number of hydrogen-bond donors (Lipinski definition) is 1. The number of hydrogen-bond acceptors (Lipinski definition) is 5. The van der Waals surface area contributed by atoms with Gasteiger partial charge in [-0.15, -0.1) is 0 Å². The maximum Gasteiger partial charge on any atom is 0.254 e. The van der Waals surface area contributed by atoms with Crippen LogP contribution in [0.1, 0.15) is 25.7 Å². The number of nitrogens with zero attached hydrogens (tertiary/aromatic N) is 3. The van der Waals surface area contributed by atoms with E-state index in [1.54, 1.807) is 0 Å². The molecule has 1 atom stereocenters. The van der Waals surface area contributed by atoms with Gasteiger partial charge >= 0.3 is 0 Å². The lowest BCUT2D eigenvalue weighted by atomic mass is 9.87. The second-order valence-electron chi connectivity index (χ2n) is 6.70. The Morgan fingerprint density at radius 1 is 1.43 bits per heavy atom. The maximum atomic E-state index is 12.3. The number of carbonyl (C=O) groups is 1. The smallest absolute Gasteiger partial charge is 0.254 e. The van der Waals surface area contributed by atoms with Crippen LogP contribution in [0, 0.1) is 5.92 Å². The molecule has 3 heterocycles. The minimum atomic E-state index is -0.515.